The molecule has 3 amide bonds. The Kier molecular flexibility index (Phi) is 6.99. The lowest BCUT2D eigenvalue weighted by atomic mass is 9.99. The van der Waals surface area contributed by atoms with Gasteiger partial charge in [-0.1, -0.05) is 30.3 Å². The molecule has 0 bridgehead atoms. The van der Waals surface area contributed by atoms with Crippen molar-refractivity contribution in [2.75, 3.05) is 25.2 Å². The Bertz CT molecular complexity index is 782. The standard InChI is InChI=1S/C16H21N3O7S/c1-27(23,24)8-7-25-15(21)17-9-12-13(14(20)18-12)19-16(22)26-10-11-5-3-2-4-6-11/h2-6,12-13H,7-10H2,1H3,(H,17,21)(H,18,20)(H,19,22). The maximum Gasteiger partial charge on any atom is 0.408 e. The fourth-order valence-corrected chi connectivity index (χ4v) is 2.59. The van der Waals surface area contributed by atoms with E-state index in [4.69, 9.17) is 9.47 Å². The highest BCUT2D eigenvalue weighted by Crippen LogP contribution is 2.07. The molecule has 0 saturated carbocycles. The predicted molar refractivity (Wildman–Crippen MR) is 94.5 cm³/mol. The Balaban J connectivity index is 1.68. The molecule has 148 valence electrons. The van der Waals surface area contributed by atoms with Crippen LogP contribution in [0.25, 0.3) is 0 Å². The summed E-state index contributed by atoms with van der Waals surface area (Å²) in [6.07, 6.45) is -0.532. The first-order chi connectivity index (χ1) is 12.7. The molecule has 0 radical (unpaired) electrons. The molecule has 2 atom stereocenters. The van der Waals surface area contributed by atoms with Gasteiger partial charge in [0.2, 0.25) is 5.91 Å². The van der Waals surface area contributed by atoms with E-state index >= 15 is 0 Å². The zero-order chi connectivity index (χ0) is 19.9. The maximum atomic E-state index is 11.8. The predicted octanol–water partition coefficient (Wildman–Crippen LogP) is -0.449. The van der Waals surface area contributed by atoms with Gasteiger partial charge in [0.1, 0.15) is 19.3 Å². The number of amides is 3. The summed E-state index contributed by atoms with van der Waals surface area (Å²) in [6.45, 7) is -0.196. The second kappa shape index (κ2) is 9.21. The summed E-state index contributed by atoms with van der Waals surface area (Å²) in [7, 11) is -3.22. The van der Waals surface area contributed by atoms with E-state index in [-0.39, 0.29) is 25.5 Å². The van der Waals surface area contributed by atoms with Crippen LogP contribution in [-0.2, 0) is 30.7 Å². The van der Waals surface area contributed by atoms with Gasteiger partial charge in [0.15, 0.2) is 9.84 Å². The average Bonchev–Trinajstić information content (AvgIpc) is 2.61. The van der Waals surface area contributed by atoms with Gasteiger partial charge in [-0.25, -0.2) is 18.0 Å². The average molecular weight is 399 g/mol. The molecule has 1 fully saturated rings. The largest absolute Gasteiger partial charge is 0.448 e. The lowest BCUT2D eigenvalue weighted by Gasteiger charge is -2.36. The summed E-state index contributed by atoms with van der Waals surface area (Å²) in [4.78, 5) is 34.9. The fourth-order valence-electron chi connectivity index (χ4n) is 2.20. The first-order valence-electron chi connectivity index (χ1n) is 8.10. The molecule has 1 aliphatic heterocycles. The number of carbonyl (C=O) groups is 3. The Morgan fingerprint density at radius 2 is 1.85 bits per heavy atom. The quantitative estimate of drug-likeness (QED) is 0.503. The summed E-state index contributed by atoms with van der Waals surface area (Å²) in [5.74, 6) is -0.679. The van der Waals surface area contributed by atoms with E-state index in [9.17, 15) is 22.8 Å². The topological polar surface area (TPSA) is 140 Å². The molecule has 1 saturated heterocycles. The summed E-state index contributed by atoms with van der Waals surface area (Å²) in [5.41, 5.74) is 0.806. The smallest absolute Gasteiger partial charge is 0.408 e. The Labute approximate surface area is 156 Å². The molecule has 3 N–H and O–H groups in total. The number of benzene rings is 1. The van der Waals surface area contributed by atoms with E-state index in [2.05, 4.69) is 16.0 Å². The monoisotopic (exact) mass is 399 g/mol. The third-order valence-electron chi connectivity index (χ3n) is 3.65. The van der Waals surface area contributed by atoms with Gasteiger partial charge in [-0.15, -0.1) is 0 Å². The number of sulfone groups is 1. The van der Waals surface area contributed by atoms with Crippen LogP contribution in [-0.4, -0.2) is 63.8 Å². The van der Waals surface area contributed by atoms with Gasteiger partial charge in [0.05, 0.1) is 11.8 Å². The molecular formula is C16H21N3O7S. The number of rotatable bonds is 8. The Morgan fingerprint density at radius 3 is 2.48 bits per heavy atom. The molecule has 27 heavy (non-hydrogen) atoms. The summed E-state index contributed by atoms with van der Waals surface area (Å²) >= 11 is 0. The number of carbonyl (C=O) groups excluding carboxylic acids is 3. The van der Waals surface area contributed by atoms with Crippen LogP contribution in [0.5, 0.6) is 0 Å². The van der Waals surface area contributed by atoms with Gasteiger partial charge >= 0.3 is 12.2 Å². The Morgan fingerprint density at radius 1 is 1.15 bits per heavy atom. The fraction of sp³-hybridized carbons (Fsp3) is 0.438. The van der Waals surface area contributed by atoms with Gasteiger partial charge in [-0.05, 0) is 5.56 Å². The van der Waals surface area contributed by atoms with Gasteiger partial charge in [-0.2, -0.15) is 0 Å². The van der Waals surface area contributed by atoms with Crippen molar-refractivity contribution in [3.05, 3.63) is 35.9 Å². The summed E-state index contributed by atoms with van der Waals surface area (Å²) in [6, 6.07) is 7.69. The highest BCUT2D eigenvalue weighted by molar-refractivity contribution is 7.90. The molecule has 10 nitrogen and oxygen atoms in total. The van der Waals surface area contributed by atoms with Crippen LogP contribution in [0, 0.1) is 0 Å². The van der Waals surface area contributed by atoms with Crippen molar-refractivity contribution >= 4 is 27.9 Å². The number of hydrogen-bond donors (Lipinski definition) is 3. The lowest BCUT2D eigenvalue weighted by Crippen LogP contribution is -2.71. The van der Waals surface area contributed by atoms with E-state index in [0.29, 0.717) is 0 Å². The number of alkyl carbamates (subject to hydrolysis) is 2. The third-order valence-corrected chi connectivity index (χ3v) is 4.56. The number of β-lactam (4-membered cyclic amide) rings is 1. The highest BCUT2D eigenvalue weighted by atomic mass is 32.2. The van der Waals surface area contributed by atoms with Crippen molar-refractivity contribution in [3.63, 3.8) is 0 Å². The van der Waals surface area contributed by atoms with Crippen LogP contribution in [0.15, 0.2) is 30.3 Å². The zero-order valence-corrected chi connectivity index (χ0v) is 15.5. The van der Waals surface area contributed by atoms with E-state index in [1.165, 1.54) is 0 Å². The molecule has 11 heteroatoms. The lowest BCUT2D eigenvalue weighted by molar-refractivity contribution is -0.131. The van der Waals surface area contributed by atoms with Crippen LogP contribution < -0.4 is 16.0 Å². The van der Waals surface area contributed by atoms with Gasteiger partial charge in [-0.3, -0.25) is 4.79 Å². The normalized spacial score (nSPS) is 18.6. The summed E-state index contributed by atoms with van der Waals surface area (Å²) in [5, 5.41) is 7.35. The van der Waals surface area contributed by atoms with Crippen molar-refractivity contribution in [2.45, 2.75) is 18.7 Å². The second-order valence-corrected chi connectivity index (χ2v) is 8.21. The van der Waals surface area contributed by atoms with E-state index in [0.717, 1.165) is 11.8 Å². The first kappa shape index (κ1) is 20.5. The Hall–Kier alpha value is -2.82. The van der Waals surface area contributed by atoms with Crippen molar-refractivity contribution < 1.29 is 32.3 Å². The minimum atomic E-state index is -3.22. The molecular weight excluding hydrogens is 378 g/mol. The second-order valence-electron chi connectivity index (χ2n) is 5.95. The van der Waals surface area contributed by atoms with E-state index in [1.807, 2.05) is 18.2 Å². The molecule has 1 aromatic carbocycles. The molecule has 1 aromatic rings. The van der Waals surface area contributed by atoms with Gasteiger partial charge < -0.3 is 25.4 Å². The zero-order valence-electron chi connectivity index (χ0n) is 14.6. The minimum absolute atomic E-state index is 0.00702. The number of nitrogens with one attached hydrogen (secondary N) is 3. The number of ether oxygens (including phenoxy) is 2. The molecule has 1 heterocycles. The molecule has 0 aromatic heterocycles. The van der Waals surface area contributed by atoms with Crippen LogP contribution in [0.1, 0.15) is 5.56 Å². The van der Waals surface area contributed by atoms with Crippen LogP contribution >= 0.6 is 0 Å². The van der Waals surface area contributed by atoms with Crippen LogP contribution in [0.4, 0.5) is 9.59 Å². The van der Waals surface area contributed by atoms with Crippen molar-refractivity contribution in [1.29, 1.82) is 0 Å². The molecule has 0 spiro atoms. The van der Waals surface area contributed by atoms with Crippen molar-refractivity contribution in [1.82, 2.24) is 16.0 Å². The third kappa shape index (κ3) is 7.13. The maximum absolute atomic E-state index is 11.8. The minimum Gasteiger partial charge on any atom is -0.448 e. The van der Waals surface area contributed by atoms with E-state index < -0.39 is 40.0 Å². The molecule has 2 rings (SSSR count). The van der Waals surface area contributed by atoms with Gasteiger partial charge in [0, 0.05) is 12.8 Å². The van der Waals surface area contributed by atoms with E-state index in [1.54, 1.807) is 12.1 Å². The molecule has 2 unspecified atom stereocenters. The number of hydrogen-bond acceptors (Lipinski definition) is 7. The van der Waals surface area contributed by atoms with Crippen LogP contribution in [0.3, 0.4) is 0 Å². The van der Waals surface area contributed by atoms with Crippen LogP contribution in [0.2, 0.25) is 0 Å². The van der Waals surface area contributed by atoms with Gasteiger partial charge in [0.25, 0.3) is 0 Å². The van der Waals surface area contributed by atoms with Crippen molar-refractivity contribution in [2.24, 2.45) is 0 Å². The summed E-state index contributed by atoms with van der Waals surface area (Å²) < 4.78 is 31.7. The van der Waals surface area contributed by atoms with Crippen molar-refractivity contribution in [3.8, 4) is 0 Å². The SMILES string of the molecule is CS(=O)(=O)CCOC(=O)NCC1NC(=O)C1NC(=O)OCc1ccccc1. The highest BCUT2D eigenvalue weighted by Gasteiger charge is 2.40. The molecule has 1 aliphatic rings. The molecule has 0 aliphatic carbocycles. The first-order valence-corrected chi connectivity index (χ1v) is 10.2.